The number of hydrogen-bond donors (Lipinski definition) is 2. The number of halogens is 1. The van der Waals surface area contributed by atoms with Gasteiger partial charge in [0.15, 0.2) is 0 Å². The van der Waals surface area contributed by atoms with E-state index in [4.69, 9.17) is 0 Å². The van der Waals surface area contributed by atoms with Crippen LogP contribution in [0.4, 0.5) is 0 Å². The van der Waals surface area contributed by atoms with Gasteiger partial charge in [0.25, 0.3) is 0 Å². The summed E-state index contributed by atoms with van der Waals surface area (Å²) in [4.78, 5) is 3.49. The molecule has 1 fully saturated rings. The summed E-state index contributed by atoms with van der Waals surface area (Å²) in [5, 5.41) is 4.91. The van der Waals surface area contributed by atoms with E-state index in [0.29, 0.717) is 0 Å². The quantitative estimate of drug-likeness (QED) is 0.278. The average Bonchev–Trinajstić information content (AvgIpc) is 2.29. The highest BCUT2D eigenvalue weighted by Crippen LogP contribution is 2.17. The Morgan fingerprint density at radius 2 is 2.00 bits per heavy atom. The molecule has 2 nitrogen and oxygen atoms in total. The molecule has 16 heavy (non-hydrogen) atoms. The first-order chi connectivity index (χ1) is 7.36. The molecule has 0 amide bonds. The monoisotopic (exact) mass is 356 g/mol. The fraction of sp³-hybridized carbons (Fsp3) is 0.917. The second-order valence-corrected chi connectivity index (χ2v) is 5.11. The number of hydrogen-bond acceptors (Lipinski definition) is 1. The van der Waals surface area contributed by atoms with Gasteiger partial charge in [-0.3, -0.25) is 10.3 Å². The maximum Gasteiger partial charge on any atom is 0.303 e. The van der Waals surface area contributed by atoms with E-state index in [1.807, 2.05) is 11.8 Å². The molecule has 0 atom stereocenters. The topological polar surface area (TPSA) is 26.0 Å². The molecule has 2 N–H and O–H groups in total. The zero-order valence-corrected chi connectivity index (χ0v) is 13.5. The van der Waals surface area contributed by atoms with Crippen molar-refractivity contribution < 1.29 is 29.0 Å². The van der Waals surface area contributed by atoms with E-state index in [9.17, 15) is 0 Å². The number of rotatable bonds is 4. The molecule has 1 aliphatic rings. The Balaban J connectivity index is 0.00000225. The van der Waals surface area contributed by atoms with Crippen LogP contribution in [0.15, 0.2) is 0 Å². The summed E-state index contributed by atoms with van der Waals surface area (Å²) >= 11 is 1.81. The second kappa shape index (κ2) is 10.7. The zero-order valence-electron chi connectivity index (χ0n) is 10.5. The molecule has 0 aliphatic heterocycles. The maximum atomic E-state index is 3.63. The Hall–Kier alpha value is 0.550. The summed E-state index contributed by atoms with van der Waals surface area (Å²) in [5.41, 5.74) is 0. The van der Waals surface area contributed by atoms with E-state index >= 15 is 0 Å². The zero-order chi connectivity index (χ0) is 10.9. The third-order valence-corrected chi connectivity index (χ3v) is 3.63. The molecule has 0 radical (unpaired) electrons. The molecule has 0 aromatic heterocycles. The number of thioether (sulfide) groups is 1. The SMILES string of the molecule is CCCC[NH+]=C(NC1CCCCC1)SC.[I-]. The van der Waals surface area contributed by atoms with Gasteiger partial charge in [-0.15, -0.1) is 0 Å². The summed E-state index contributed by atoms with van der Waals surface area (Å²) in [6, 6.07) is 0.718. The predicted octanol–water partition coefficient (Wildman–Crippen LogP) is -1.49. The largest absolute Gasteiger partial charge is 1.00 e. The molecule has 0 saturated heterocycles. The van der Waals surface area contributed by atoms with Crippen LogP contribution in [0, 0.1) is 0 Å². The molecular formula is C12H25IN2S. The predicted molar refractivity (Wildman–Crippen MR) is 69.3 cm³/mol. The molecule has 1 aliphatic carbocycles. The Morgan fingerprint density at radius 3 is 2.56 bits per heavy atom. The molecule has 0 spiro atoms. The van der Waals surface area contributed by atoms with Gasteiger partial charge in [-0.1, -0.05) is 19.8 Å². The first-order valence-electron chi connectivity index (χ1n) is 6.28. The van der Waals surface area contributed by atoms with Crippen molar-refractivity contribution in [1.29, 1.82) is 0 Å². The molecule has 0 heterocycles. The lowest BCUT2D eigenvalue weighted by atomic mass is 9.96. The highest BCUT2D eigenvalue weighted by molar-refractivity contribution is 8.12. The number of nitrogens with one attached hydrogen (secondary N) is 2. The van der Waals surface area contributed by atoms with Crippen molar-refractivity contribution in [3.8, 4) is 0 Å². The van der Waals surface area contributed by atoms with E-state index in [0.717, 1.165) is 12.6 Å². The number of amidine groups is 1. The Labute approximate surface area is 121 Å². The third kappa shape index (κ3) is 6.99. The van der Waals surface area contributed by atoms with E-state index in [-0.39, 0.29) is 24.0 Å². The summed E-state index contributed by atoms with van der Waals surface area (Å²) < 4.78 is 0. The molecule has 0 bridgehead atoms. The van der Waals surface area contributed by atoms with E-state index in [1.54, 1.807) is 0 Å². The summed E-state index contributed by atoms with van der Waals surface area (Å²) in [6.07, 6.45) is 11.6. The van der Waals surface area contributed by atoms with Gasteiger partial charge in [-0.25, -0.2) is 0 Å². The molecule has 1 saturated carbocycles. The van der Waals surface area contributed by atoms with Crippen LogP contribution in [-0.4, -0.2) is 24.0 Å². The smallest absolute Gasteiger partial charge is 0.303 e. The van der Waals surface area contributed by atoms with Gasteiger partial charge in [0.1, 0.15) is 0 Å². The van der Waals surface area contributed by atoms with Gasteiger partial charge in [-0.05, 0) is 50.1 Å². The van der Waals surface area contributed by atoms with E-state index < -0.39 is 0 Å². The van der Waals surface area contributed by atoms with Gasteiger partial charge in [0, 0.05) is 0 Å². The standard InChI is InChI=1S/C12H24N2S.HI/c1-3-4-10-13-12(15-2)14-11-8-6-5-7-9-11;/h11H,3-10H2,1-2H3,(H,13,14);1H. The van der Waals surface area contributed by atoms with Crippen LogP contribution in [-0.2, 0) is 0 Å². The van der Waals surface area contributed by atoms with Crippen molar-refractivity contribution in [1.82, 2.24) is 5.32 Å². The minimum Gasteiger partial charge on any atom is -1.00 e. The first kappa shape index (κ1) is 16.6. The Kier molecular flexibility index (Phi) is 11.1. The normalized spacial score (nSPS) is 18.0. The lowest BCUT2D eigenvalue weighted by molar-refractivity contribution is -0.456. The molecule has 0 unspecified atom stereocenters. The molecule has 1 rings (SSSR count). The average molecular weight is 356 g/mol. The van der Waals surface area contributed by atoms with Crippen LogP contribution in [0.5, 0.6) is 0 Å². The highest BCUT2D eigenvalue weighted by atomic mass is 127. The van der Waals surface area contributed by atoms with Crippen molar-refractivity contribution in [2.75, 3.05) is 12.8 Å². The second-order valence-electron chi connectivity index (χ2n) is 4.29. The lowest BCUT2D eigenvalue weighted by Crippen LogP contribution is -3.00. The van der Waals surface area contributed by atoms with Crippen LogP contribution >= 0.6 is 11.8 Å². The van der Waals surface area contributed by atoms with Crippen molar-refractivity contribution in [3.63, 3.8) is 0 Å². The van der Waals surface area contributed by atoms with Crippen LogP contribution in [0.1, 0.15) is 51.9 Å². The first-order valence-corrected chi connectivity index (χ1v) is 7.50. The van der Waals surface area contributed by atoms with E-state index in [2.05, 4.69) is 23.5 Å². The summed E-state index contributed by atoms with van der Waals surface area (Å²) in [5.74, 6) is 0. The Bertz CT molecular complexity index is 191. The molecule has 96 valence electrons. The van der Waals surface area contributed by atoms with Crippen LogP contribution in [0.3, 0.4) is 0 Å². The summed E-state index contributed by atoms with van der Waals surface area (Å²) in [6.45, 7) is 3.33. The van der Waals surface area contributed by atoms with Crippen molar-refractivity contribution in [2.45, 2.75) is 57.9 Å². The van der Waals surface area contributed by atoms with E-state index in [1.165, 1.54) is 50.1 Å². The Morgan fingerprint density at radius 1 is 1.31 bits per heavy atom. The van der Waals surface area contributed by atoms with Gasteiger partial charge >= 0.3 is 5.17 Å². The minimum absolute atomic E-state index is 0. The van der Waals surface area contributed by atoms with Gasteiger partial charge in [0.05, 0.1) is 12.6 Å². The molecule has 0 aromatic carbocycles. The van der Waals surface area contributed by atoms with Gasteiger partial charge in [-0.2, -0.15) is 0 Å². The van der Waals surface area contributed by atoms with Crippen molar-refractivity contribution in [2.24, 2.45) is 0 Å². The van der Waals surface area contributed by atoms with Gasteiger partial charge in [0.2, 0.25) is 0 Å². The van der Waals surface area contributed by atoms with Gasteiger partial charge < -0.3 is 24.0 Å². The van der Waals surface area contributed by atoms with Crippen molar-refractivity contribution in [3.05, 3.63) is 0 Å². The fourth-order valence-electron chi connectivity index (χ4n) is 1.99. The van der Waals surface area contributed by atoms with Crippen molar-refractivity contribution >= 4 is 16.9 Å². The third-order valence-electron chi connectivity index (χ3n) is 2.96. The van der Waals surface area contributed by atoms with Crippen LogP contribution < -0.4 is 34.3 Å². The minimum atomic E-state index is 0. The molecule has 4 heteroatoms. The highest BCUT2D eigenvalue weighted by Gasteiger charge is 2.18. The lowest BCUT2D eigenvalue weighted by Gasteiger charge is -2.19. The molecule has 0 aromatic rings. The molecular weight excluding hydrogens is 331 g/mol. The summed E-state index contributed by atoms with van der Waals surface area (Å²) in [7, 11) is 0. The maximum absolute atomic E-state index is 3.63. The number of unbranched alkanes of at least 4 members (excludes halogenated alkanes) is 1. The van der Waals surface area contributed by atoms with Crippen LogP contribution in [0.2, 0.25) is 0 Å². The van der Waals surface area contributed by atoms with Crippen LogP contribution in [0.25, 0.3) is 0 Å². The fourth-order valence-corrected chi connectivity index (χ4v) is 2.52.